The Bertz CT molecular complexity index is 1010. The van der Waals surface area contributed by atoms with Crippen molar-refractivity contribution >= 4 is 23.0 Å². The Labute approximate surface area is 218 Å². The molecule has 0 aliphatic rings. The number of benzene rings is 2. The van der Waals surface area contributed by atoms with E-state index in [2.05, 4.69) is 35.9 Å². The highest BCUT2D eigenvalue weighted by atomic mass is 16.2. The summed E-state index contributed by atoms with van der Waals surface area (Å²) in [5, 5.41) is 6.32. The summed E-state index contributed by atoms with van der Waals surface area (Å²) in [4.78, 5) is 25.1. The Balaban J connectivity index is 1.71. The van der Waals surface area contributed by atoms with Gasteiger partial charge in [-0.1, -0.05) is 73.5 Å². The van der Waals surface area contributed by atoms with Gasteiger partial charge in [-0.15, -0.1) is 0 Å². The van der Waals surface area contributed by atoms with E-state index in [4.69, 9.17) is 0 Å². The monoisotopic (exact) mass is 488 g/mol. The van der Waals surface area contributed by atoms with Crippen molar-refractivity contribution in [2.75, 3.05) is 0 Å². The topological polar surface area (TPSA) is 58.2 Å². The number of nitrogens with one attached hydrogen (secondary N) is 2. The summed E-state index contributed by atoms with van der Waals surface area (Å²) in [6.07, 6.45) is 4.46. The van der Waals surface area contributed by atoms with E-state index in [0.29, 0.717) is 12.8 Å². The average molecular weight is 489 g/mol. The molecule has 0 radical (unpaired) electrons. The first-order chi connectivity index (χ1) is 16.8. The maximum atomic E-state index is 12.6. The molecule has 0 heterocycles. The average Bonchev–Trinajstić information content (AvgIpc) is 2.80. The molecule has 2 rings (SSSR count). The van der Waals surface area contributed by atoms with Crippen LogP contribution in [0.25, 0.3) is 11.1 Å². The molecule has 0 saturated heterocycles. The molecule has 2 aromatic carbocycles. The van der Waals surface area contributed by atoms with Crippen LogP contribution in [0, 0.1) is 0 Å². The van der Waals surface area contributed by atoms with Crippen molar-refractivity contribution in [1.29, 1.82) is 0 Å². The molecule has 0 spiro atoms. The molecule has 2 N–H and O–H groups in total. The van der Waals surface area contributed by atoms with E-state index in [9.17, 15) is 9.59 Å². The van der Waals surface area contributed by atoms with Crippen LogP contribution in [0.1, 0.15) is 102 Å². The maximum absolute atomic E-state index is 12.6. The lowest BCUT2D eigenvalue weighted by Gasteiger charge is -2.28. The number of amides is 2. The summed E-state index contributed by atoms with van der Waals surface area (Å²) >= 11 is 0. The van der Waals surface area contributed by atoms with E-state index < -0.39 is 11.1 Å². The second-order valence-electron chi connectivity index (χ2n) is 11.0. The SMILES string of the molecule is C=C(C)c1cccc(C(C)(C)NC(=O)CCCCCCC(=O)NC(C)(C)c2cccc(C(=C)C)c2)c1. The molecule has 0 aliphatic carbocycles. The first kappa shape index (κ1) is 29.1. The summed E-state index contributed by atoms with van der Waals surface area (Å²) in [6, 6.07) is 16.3. The maximum Gasteiger partial charge on any atom is 0.220 e. The number of carbonyl (C=O) groups is 2. The Hall–Kier alpha value is -3.14. The van der Waals surface area contributed by atoms with E-state index in [1.807, 2.05) is 77.9 Å². The minimum atomic E-state index is -0.447. The molecule has 2 amide bonds. The molecule has 0 aliphatic heterocycles. The van der Waals surface area contributed by atoms with Gasteiger partial charge in [0, 0.05) is 12.8 Å². The molecule has 4 heteroatoms. The molecular formula is C32H44N2O2. The van der Waals surface area contributed by atoms with Crippen LogP contribution in [-0.4, -0.2) is 11.8 Å². The lowest BCUT2D eigenvalue weighted by atomic mass is 9.91. The van der Waals surface area contributed by atoms with Gasteiger partial charge >= 0.3 is 0 Å². The van der Waals surface area contributed by atoms with Crippen molar-refractivity contribution in [2.45, 2.75) is 91.1 Å². The van der Waals surface area contributed by atoms with Gasteiger partial charge < -0.3 is 10.6 Å². The van der Waals surface area contributed by atoms with Crippen LogP contribution in [-0.2, 0) is 20.7 Å². The third-order valence-corrected chi connectivity index (χ3v) is 6.62. The van der Waals surface area contributed by atoms with Crippen molar-refractivity contribution < 1.29 is 9.59 Å². The fraction of sp³-hybridized carbons (Fsp3) is 0.438. The quantitative estimate of drug-likeness (QED) is 0.287. The molecule has 0 aromatic heterocycles. The predicted octanol–water partition coefficient (Wildman–Crippen LogP) is 7.50. The van der Waals surface area contributed by atoms with E-state index in [1.54, 1.807) is 0 Å². The Morgan fingerprint density at radius 2 is 1.03 bits per heavy atom. The zero-order valence-corrected chi connectivity index (χ0v) is 23.1. The molecule has 0 atom stereocenters. The smallest absolute Gasteiger partial charge is 0.220 e. The molecule has 194 valence electrons. The highest BCUT2D eigenvalue weighted by Crippen LogP contribution is 2.25. The van der Waals surface area contributed by atoms with Gasteiger partial charge in [0.1, 0.15) is 0 Å². The van der Waals surface area contributed by atoms with Crippen LogP contribution in [0.5, 0.6) is 0 Å². The molecule has 36 heavy (non-hydrogen) atoms. The molecule has 4 nitrogen and oxygen atoms in total. The summed E-state index contributed by atoms with van der Waals surface area (Å²) in [6.45, 7) is 20.1. The van der Waals surface area contributed by atoms with Crippen molar-refractivity contribution in [1.82, 2.24) is 10.6 Å². The van der Waals surface area contributed by atoms with Gasteiger partial charge in [-0.25, -0.2) is 0 Å². The van der Waals surface area contributed by atoms with Gasteiger partial charge in [0.15, 0.2) is 0 Å². The summed E-state index contributed by atoms with van der Waals surface area (Å²) in [5.74, 6) is 0.106. The van der Waals surface area contributed by atoms with Gasteiger partial charge in [0.2, 0.25) is 11.8 Å². The normalized spacial score (nSPS) is 11.6. The standard InChI is InChI=1S/C32H44N2O2/c1-23(2)25-15-13-17-27(21-25)31(5,6)33-29(35)19-11-9-10-12-20-30(36)34-32(7,8)28-18-14-16-26(22-28)24(3)4/h13-18,21-22H,1,3,9-12,19-20H2,2,4-8H3,(H,33,35)(H,34,36). The third-order valence-electron chi connectivity index (χ3n) is 6.62. The van der Waals surface area contributed by atoms with Gasteiger partial charge in [-0.3, -0.25) is 9.59 Å². The van der Waals surface area contributed by atoms with Crippen molar-refractivity contribution in [3.8, 4) is 0 Å². The van der Waals surface area contributed by atoms with Crippen LogP contribution in [0.2, 0.25) is 0 Å². The van der Waals surface area contributed by atoms with E-state index in [1.165, 1.54) is 0 Å². The third kappa shape index (κ3) is 8.82. The first-order valence-electron chi connectivity index (χ1n) is 13.0. The van der Waals surface area contributed by atoms with Gasteiger partial charge in [0.05, 0.1) is 11.1 Å². The molecule has 2 aromatic rings. The van der Waals surface area contributed by atoms with E-state index in [0.717, 1.165) is 59.1 Å². The number of carbonyl (C=O) groups excluding carboxylic acids is 2. The van der Waals surface area contributed by atoms with Crippen LogP contribution in [0.4, 0.5) is 0 Å². The Morgan fingerprint density at radius 1 is 0.667 bits per heavy atom. The van der Waals surface area contributed by atoms with Crippen molar-refractivity contribution in [2.24, 2.45) is 0 Å². The zero-order valence-electron chi connectivity index (χ0n) is 23.1. The largest absolute Gasteiger partial charge is 0.347 e. The molecule has 0 saturated carbocycles. The minimum Gasteiger partial charge on any atom is -0.347 e. The van der Waals surface area contributed by atoms with Crippen LogP contribution < -0.4 is 10.6 Å². The molecular weight excluding hydrogens is 444 g/mol. The molecule has 0 unspecified atom stereocenters. The van der Waals surface area contributed by atoms with Crippen LogP contribution in [0.15, 0.2) is 61.7 Å². The number of hydrogen-bond acceptors (Lipinski definition) is 2. The van der Waals surface area contributed by atoms with Gasteiger partial charge in [-0.2, -0.15) is 0 Å². The summed E-state index contributed by atoms with van der Waals surface area (Å²) in [7, 11) is 0. The molecule has 0 fully saturated rings. The fourth-order valence-electron chi connectivity index (χ4n) is 4.24. The van der Waals surface area contributed by atoms with Crippen molar-refractivity contribution in [3.05, 3.63) is 83.9 Å². The predicted molar refractivity (Wildman–Crippen MR) is 152 cm³/mol. The lowest BCUT2D eigenvalue weighted by molar-refractivity contribution is -0.124. The van der Waals surface area contributed by atoms with Gasteiger partial charge in [0.25, 0.3) is 0 Å². The summed E-state index contributed by atoms with van der Waals surface area (Å²) < 4.78 is 0. The molecule has 0 bridgehead atoms. The second kappa shape index (κ2) is 12.7. The Morgan fingerprint density at radius 3 is 1.36 bits per heavy atom. The highest BCUT2D eigenvalue weighted by molar-refractivity contribution is 5.77. The van der Waals surface area contributed by atoms with E-state index in [-0.39, 0.29) is 11.8 Å². The first-order valence-corrected chi connectivity index (χ1v) is 13.0. The van der Waals surface area contributed by atoms with Crippen LogP contribution in [0.3, 0.4) is 0 Å². The van der Waals surface area contributed by atoms with Crippen LogP contribution >= 0.6 is 0 Å². The lowest BCUT2D eigenvalue weighted by Crippen LogP contribution is -2.41. The fourth-order valence-corrected chi connectivity index (χ4v) is 4.24. The number of rotatable bonds is 13. The van der Waals surface area contributed by atoms with Crippen molar-refractivity contribution in [3.63, 3.8) is 0 Å². The second-order valence-corrected chi connectivity index (χ2v) is 11.0. The van der Waals surface area contributed by atoms with Gasteiger partial charge in [-0.05, 0) is 88.8 Å². The minimum absolute atomic E-state index is 0.0530. The zero-order chi connectivity index (χ0) is 26.9. The number of hydrogen-bond donors (Lipinski definition) is 2. The Kier molecular flexibility index (Phi) is 10.3. The number of unbranched alkanes of at least 4 members (excludes halogenated alkanes) is 3. The number of allylic oxidation sites excluding steroid dienone is 2. The highest BCUT2D eigenvalue weighted by Gasteiger charge is 2.24. The van der Waals surface area contributed by atoms with E-state index >= 15 is 0 Å². The summed E-state index contributed by atoms with van der Waals surface area (Å²) in [5.41, 5.74) is 5.43.